The Kier molecular flexibility index (Phi) is 11.7. The van der Waals surface area contributed by atoms with Gasteiger partial charge in [0.1, 0.15) is 18.4 Å². The number of carbonyl (C=O) groups is 4. The van der Waals surface area contributed by atoms with Gasteiger partial charge in [0.05, 0.1) is 6.04 Å². The normalized spacial score (nSPS) is 13.8. The van der Waals surface area contributed by atoms with Crippen molar-refractivity contribution in [2.75, 3.05) is 12.0 Å². The average Bonchev–Trinajstić information content (AvgIpc) is 2.70. The van der Waals surface area contributed by atoms with Gasteiger partial charge in [-0.05, 0) is 42.8 Å². The van der Waals surface area contributed by atoms with E-state index >= 15 is 0 Å². The molecule has 7 nitrogen and oxygen atoms in total. The molecule has 160 valence electrons. The molecule has 0 heterocycles. The number of hydrogen-bond acceptors (Lipinski definition) is 5. The zero-order chi connectivity index (χ0) is 21.6. The van der Waals surface area contributed by atoms with Crippen LogP contribution in [0, 0.1) is 5.92 Å². The monoisotopic (exact) mass is 421 g/mol. The van der Waals surface area contributed by atoms with Crippen LogP contribution in [0.1, 0.15) is 32.3 Å². The molecule has 3 amide bonds. The summed E-state index contributed by atoms with van der Waals surface area (Å²) < 4.78 is 0. The van der Waals surface area contributed by atoms with Gasteiger partial charge in [0.2, 0.25) is 18.2 Å². The Labute approximate surface area is 176 Å². The van der Waals surface area contributed by atoms with E-state index in [4.69, 9.17) is 0 Å². The summed E-state index contributed by atoms with van der Waals surface area (Å²) in [7, 11) is 0. The Balaban J connectivity index is 2.80. The van der Waals surface area contributed by atoms with Crippen LogP contribution in [-0.4, -0.2) is 54.6 Å². The first-order valence-electron chi connectivity index (χ1n) is 9.69. The smallest absolute Gasteiger partial charge is 0.243 e. The quantitative estimate of drug-likeness (QED) is 0.393. The van der Waals surface area contributed by atoms with E-state index in [9.17, 15) is 19.2 Å². The first-order valence-corrected chi connectivity index (χ1v) is 11.1. The molecule has 0 radical (unpaired) electrons. The summed E-state index contributed by atoms with van der Waals surface area (Å²) in [6, 6.07) is 7.23. The van der Waals surface area contributed by atoms with Crippen LogP contribution in [-0.2, 0) is 25.6 Å². The molecule has 1 aromatic carbocycles. The summed E-state index contributed by atoms with van der Waals surface area (Å²) >= 11 is 1.57. The molecule has 3 N–H and O–H groups in total. The third kappa shape index (κ3) is 9.60. The summed E-state index contributed by atoms with van der Waals surface area (Å²) in [5.74, 6) is 0.0376. The Morgan fingerprint density at radius 2 is 1.69 bits per heavy atom. The van der Waals surface area contributed by atoms with Crippen LogP contribution in [0.3, 0.4) is 0 Å². The number of aldehydes is 1. The van der Waals surface area contributed by atoms with Crippen LogP contribution in [0.2, 0.25) is 0 Å². The number of carbonyl (C=O) groups excluding carboxylic acids is 4. The maximum Gasteiger partial charge on any atom is 0.243 e. The van der Waals surface area contributed by atoms with Crippen molar-refractivity contribution in [1.82, 2.24) is 16.0 Å². The molecule has 8 heteroatoms. The summed E-state index contributed by atoms with van der Waals surface area (Å²) in [5, 5.41) is 7.97. The molecule has 29 heavy (non-hydrogen) atoms. The number of nitrogens with one attached hydrogen (secondary N) is 3. The van der Waals surface area contributed by atoms with E-state index in [0.29, 0.717) is 37.7 Å². The Morgan fingerprint density at radius 3 is 2.24 bits per heavy atom. The van der Waals surface area contributed by atoms with E-state index in [0.717, 1.165) is 5.56 Å². The Morgan fingerprint density at radius 1 is 1.03 bits per heavy atom. The topological polar surface area (TPSA) is 104 Å². The number of hydrogen-bond donors (Lipinski definition) is 3. The molecule has 0 aliphatic carbocycles. The van der Waals surface area contributed by atoms with E-state index in [2.05, 4.69) is 16.0 Å². The molecular weight excluding hydrogens is 390 g/mol. The van der Waals surface area contributed by atoms with Crippen LogP contribution in [0.15, 0.2) is 30.3 Å². The lowest BCUT2D eigenvalue weighted by Gasteiger charge is -2.24. The molecule has 3 unspecified atom stereocenters. The van der Waals surface area contributed by atoms with E-state index in [1.54, 1.807) is 11.8 Å². The van der Waals surface area contributed by atoms with Crippen LogP contribution >= 0.6 is 11.8 Å². The SMILES string of the molecule is CSCCC(NC=O)C(=O)NC(CC(C)C)C(=O)NC(C=O)Cc1ccccc1. The van der Waals surface area contributed by atoms with Gasteiger partial charge in [0.25, 0.3) is 0 Å². The van der Waals surface area contributed by atoms with E-state index in [-0.39, 0.29) is 5.92 Å². The van der Waals surface area contributed by atoms with Crippen molar-refractivity contribution in [2.24, 2.45) is 5.92 Å². The summed E-state index contributed by atoms with van der Waals surface area (Å²) in [6.45, 7) is 3.89. The molecule has 0 aliphatic heterocycles. The van der Waals surface area contributed by atoms with Crippen LogP contribution < -0.4 is 16.0 Å². The minimum Gasteiger partial charge on any atom is -0.347 e. The van der Waals surface area contributed by atoms with E-state index < -0.39 is 29.9 Å². The molecule has 1 rings (SSSR count). The molecule has 1 aromatic rings. The van der Waals surface area contributed by atoms with Crippen molar-refractivity contribution >= 4 is 36.3 Å². The van der Waals surface area contributed by atoms with E-state index in [1.807, 2.05) is 50.4 Å². The van der Waals surface area contributed by atoms with Crippen molar-refractivity contribution in [3.63, 3.8) is 0 Å². The Hall–Kier alpha value is -2.35. The van der Waals surface area contributed by atoms with Gasteiger partial charge in [-0.1, -0.05) is 44.2 Å². The van der Waals surface area contributed by atoms with Gasteiger partial charge in [0, 0.05) is 0 Å². The van der Waals surface area contributed by atoms with Gasteiger partial charge in [-0.15, -0.1) is 0 Å². The van der Waals surface area contributed by atoms with Gasteiger partial charge in [0.15, 0.2) is 0 Å². The first-order chi connectivity index (χ1) is 13.9. The molecule has 0 bridgehead atoms. The molecule has 0 aromatic heterocycles. The standard InChI is InChI=1S/C21H31N3O4S/c1-15(2)11-19(24-20(27)18(22-14-26)9-10-29-3)21(28)23-17(13-25)12-16-7-5-4-6-8-16/h4-8,13-15,17-19H,9-12H2,1-3H3,(H,22,26)(H,23,28)(H,24,27). The fraction of sp³-hybridized carbons (Fsp3) is 0.524. The maximum absolute atomic E-state index is 12.8. The van der Waals surface area contributed by atoms with Gasteiger partial charge in [-0.2, -0.15) is 11.8 Å². The molecule has 3 atom stereocenters. The predicted octanol–water partition coefficient (Wildman–Crippen LogP) is 1.31. The highest BCUT2D eigenvalue weighted by molar-refractivity contribution is 7.98. The van der Waals surface area contributed by atoms with Crippen LogP contribution in [0.5, 0.6) is 0 Å². The average molecular weight is 422 g/mol. The fourth-order valence-corrected chi connectivity index (χ4v) is 3.34. The summed E-state index contributed by atoms with van der Waals surface area (Å²) in [6.07, 6.45) is 4.37. The van der Waals surface area contributed by atoms with Gasteiger partial charge < -0.3 is 20.7 Å². The second-order valence-corrected chi connectivity index (χ2v) is 8.24. The third-order valence-corrected chi connectivity index (χ3v) is 4.97. The molecule has 0 aliphatic rings. The van der Waals surface area contributed by atoms with Gasteiger partial charge in [-0.25, -0.2) is 0 Å². The zero-order valence-electron chi connectivity index (χ0n) is 17.2. The fourth-order valence-electron chi connectivity index (χ4n) is 2.87. The lowest BCUT2D eigenvalue weighted by Crippen LogP contribution is -2.55. The first kappa shape index (κ1) is 24.7. The van der Waals surface area contributed by atoms with Crippen molar-refractivity contribution in [3.8, 4) is 0 Å². The second kappa shape index (κ2) is 13.8. The third-order valence-electron chi connectivity index (χ3n) is 4.33. The van der Waals surface area contributed by atoms with Crippen molar-refractivity contribution < 1.29 is 19.2 Å². The lowest BCUT2D eigenvalue weighted by molar-refractivity contribution is -0.131. The zero-order valence-corrected chi connectivity index (χ0v) is 18.0. The molecule has 0 fully saturated rings. The Bertz CT molecular complexity index is 655. The predicted molar refractivity (Wildman–Crippen MR) is 116 cm³/mol. The molecule has 0 saturated heterocycles. The van der Waals surface area contributed by atoms with Crippen molar-refractivity contribution in [1.29, 1.82) is 0 Å². The minimum atomic E-state index is -0.786. The van der Waals surface area contributed by atoms with Crippen LogP contribution in [0.4, 0.5) is 0 Å². The van der Waals surface area contributed by atoms with Gasteiger partial charge >= 0.3 is 0 Å². The highest BCUT2D eigenvalue weighted by Gasteiger charge is 2.27. The number of rotatable bonds is 14. The van der Waals surface area contributed by atoms with E-state index in [1.165, 1.54) is 0 Å². The molecular formula is C21H31N3O4S. The molecule has 0 saturated carbocycles. The largest absolute Gasteiger partial charge is 0.347 e. The number of amides is 3. The lowest BCUT2D eigenvalue weighted by atomic mass is 10.0. The maximum atomic E-state index is 12.8. The van der Waals surface area contributed by atoms with Gasteiger partial charge in [-0.3, -0.25) is 14.4 Å². The number of benzene rings is 1. The van der Waals surface area contributed by atoms with Crippen LogP contribution in [0.25, 0.3) is 0 Å². The minimum absolute atomic E-state index is 0.151. The highest BCUT2D eigenvalue weighted by Crippen LogP contribution is 2.08. The number of thioether (sulfide) groups is 1. The van der Waals surface area contributed by atoms with Crippen molar-refractivity contribution in [3.05, 3.63) is 35.9 Å². The summed E-state index contributed by atoms with van der Waals surface area (Å²) in [5.41, 5.74) is 0.932. The highest BCUT2D eigenvalue weighted by atomic mass is 32.2. The second-order valence-electron chi connectivity index (χ2n) is 7.25. The molecule has 0 spiro atoms. The van der Waals surface area contributed by atoms with Crippen molar-refractivity contribution in [2.45, 2.75) is 51.2 Å². The summed E-state index contributed by atoms with van der Waals surface area (Å²) in [4.78, 5) is 47.7.